The number of esters is 1. The predicted molar refractivity (Wildman–Crippen MR) is 94.2 cm³/mol. The van der Waals surface area contributed by atoms with Crippen molar-refractivity contribution in [2.45, 2.75) is 38.6 Å². The van der Waals surface area contributed by atoms with Crippen LogP contribution in [0.25, 0.3) is 0 Å². The van der Waals surface area contributed by atoms with Gasteiger partial charge in [-0.1, -0.05) is 38.0 Å². The topological polar surface area (TPSA) is 105 Å². The monoisotopic (exact) mass is 361 g/mol. The molecule has 0 radical (unpaired) electrons. The number of amides is 4. The maximum atomic E-state index is 12.4. The van der Waals surface area contributed by atoms with Crippen molar-refractivity contribution >= 4 is 29.5 Å². The van der Waals surface area contributed by atoms with Crippen LogP contribution in [0.5, 0.6) is 0 Å². The number of unbranched alkanes of at least 4 members (excludes halogenated alkanes) is 1. The molecule has 0 aliphatic carbocycles. The minimum Gasteiger partial charge on any atom is -0.454 e. The molecule has 0 unspecified atom stereocenters. The normalized spacial score (nSPS) is 19.2. The number of imide groups is 1. The van der Waals surface area contributed by atoms with E-state index in [0.717, 1.165) is 17.7 Å². The zero-order valence-corrected chi connectivity index (χ0v) is 14.9. The van der Waals surface area contributed by atoms with Crippen molar-refractivity contribution in [3.05, 3.63) is 30.3 Å². The van der Waals surface area contributed by atoms with E-state index in [1.165, 1.54) is 0 Å². The highest BCUT2D eigenvalue weighted by Crippen LogP contribution is 2.23. The van der Waals surface area contributed by atoms with Gasteiger partial charge in [-0.3, -0.25) is 19.3 Å². The fourth-order valence-corrected chi connectivity index (χ4v) is 2.63. The van der Waals surface area contributed by atoms with Crippen LogP contribution in [0.2, 0.25) is 0 Å². The van der Waals surface area contributed by atoms with Crippen molar-refractivity contribution in [3.8, 4) is 0 Å². The van der Waals surface area contributed by atoms with E-state index in [-0.39, 0.29) is 0 Å². The van der Waals surface area contributed by atoms with Crippen LogP contribution >= 0.6 is 0 Å². The average Bonchev–Trinajstić information content (AvgIpc) is 2.83. The van der Waals surface area contributed by atoms with Crippen molar-refractivity contribution in [1.82, 2.24) is 10.2 Å². The number of para-hydroxylation sites is 1. The van der Waals surface area contributed by atoms with Gasteiger partial charge in [0.1, 0.15) is 12.1 Å². The van der Waals surface area contributed by atoms with Crippen LogP contribution in [0, 0.1) is 0 Å². The first-order chi connectivity index (χ1) is 12.4. The molecule has 1 aliphatic heterocycles. The molecule has 1 atom stereocenters. The van der Waals surface area contributed by atoms with E-state index in [2.05, 4.69) is 10.6 Å². The average molecular weight is 361 g/mol. The molecule has 140 valence electrons. The minimum absolute atomic E-state index is 0.457. The van der Waals surface area contributed by atoms with E-state index in [0.29, 0.717) is 12.1 Å². The van der Waals surface area contributed by atoms with Crippen LogP contribution in [0.4, 0.5) is 10.5 Å². The molecule has 1 aromatic carbocycles. The van der Waals surface area contributed by atoms with Gasteiger partial charge in [-0.2, -0.15) is 0 Å². The molecule has 2 rings (SSSR count). The Morgan fingerprint density at radius 1 is 1.23 bits per heavy atom. The van der Waals surface area contributed by atoms with E-state index in [4.69, 9.17) is 4.74 Å². The van der Waals surface area contributed by atoms with Crippen molar-refractivity contribution in [3.63, 3.8) is 0 Å². The number of rotatable bonds is 8. The number of benzene rings is 1. The molecule has 1 aliphatic rings. The number of ether oxygens (including phenoxy) is 1. The molecule has 1 heterocycles. The minimum atomic E-state index is -1.00. The van der Waals surface area contributed by atoms with E-state index in [1.807, 2.05) is 13.0 Å². The second kappa shape index (κ2) is 8.46. The maximum absolute atomic E-state index is 12.4. The number of hydrogen-bond acceptors (Lipinski definition) is 5. The third-order valence-electron chi connectivity index (χ3n) is 4.08. The Morgan fingerprint density at radius 2 is 1.92 bits per heavy atom. The molecule has 4 amide bonds. The molecule has 1 saturated heterocycles. The molecule has 26 heavy (non-hydrogen) atoms. The number of nitrogens with one attached hydrogen (secondary N) is 2. The fraction of sp³-hybridized carbons (Fsp3) is 0.444. The highest BCUT2D eigenvalue weighted by molar-refractivity contribution is 6.08. The highest BCUT2D eigenvalue weighted by Gasteiger charge is 2.47. The van der Waals surface area contributed by atoms with Crippen LogP contribution in [-0.2, 0) is 19.1 Å². The van der Waals surface area contributed by atoms with Gasteiger partial charge >= 0.3 is 12.0 Å². The second-order valence-electron chi connectivity index (χ2n) is 6.33. The van der Waals surface area contributed by atoms with Crippen LogP contribution < -0.4 is 10.6 Å². The summed E-state index contributed by atoms with van der Waals surface area (Å²) >= 11 is 0. The summed E-state index contributed by atoms with van der Waals surface area (Å²) in [6, 6.07) is 8.10. The van der Waals surface area contributed by atoms with Gasteiger partial charge in [-0.05, 0) is 25.5 Å². The van der Waals surface area contributed by atoms with Crippen molar-refractivity contribution < 1.29 is 23.9 Å². The smallest absolute Gasteiger partial charge is 0.326 e. The van der Waals surface area contributed by atoms with Gasteiger partial charge < -0.3 is 15.4 Å². The number of carbonyl (C=O) groups excluding carboxylic acids is 4. The molecular weight excluding hydrogens is 338 g/mol. The van der Waals surface area contributed by atoms with Gasteiger partial charge in [0.15, 0.2) is 6.61 Å². The third-order valence-corrected chi connectivity index (χ3v) is 4.08. The lowest BCUT2D eigenvalue weighted by atomic mass is 9.95. The summed E-state index contributed by atoms with van der Waals surface area (Å²) in [5.41, 5.74) is -0.424. The number of anilines is 1. The Bertz CT molecular complexity index is 691. The Hall–Kier alpha value is -2.90. The van der Waals surface area contributed by atoms with E-state index >= 15 is 0 Å². The van der Waals surface area contributed by atoms with Gasteiger partial charge in [0, 0.05) is 5.69 Å². The molecule has 0 bridgehead atoms. The predicted octanol–water partition coefficient (Wildman–Crippen LogP) is 1.67. The Kier molecular flexibility index (Phi) is 6.32. The molecule has 8 nitrogen and oxygen atoms in total. The molecule has 0 aromatic heterocycles. The zero-order chi connectivity index (χ0) is 19.2. The van der Waals surface area contributed by atoms with Crippen molar-refractivity contribution in [1.29, 1.82) is 0 Å². The van der Waals surface area contributed by atoms with E-state index in [9.17, 15) is 19.2 Å². The molecule has 1 aromatic rings. The van der Waals surface area contributed by atoms with Gasteiger partial charge in [-0.25, -0.2) is 4.79 Å². The number of hydrogen-bond donors (Lipinski definition) is 2. The third kappa shape index (κ3) is 4.81. The van der Waals surface area contributed by atoms with Crippen molar-refractivity contribution in [2.24, 2.45) is 0 Å². The first kappa shape index (κ1) is 19.4. The molecule has 0 spiro atoms. The van der Waals surface area contributed by atoms with Gasteiger partial charge in [0.05, 0.1) is 0 Å². The van der Waals surface area contributed by atoms with Gasteiger partial charge in [0.2, 0.25) is 0 Å². The molecule has 0 saturated carbocycles. The second-order valence-corrected chi connectivity index (χ2v) is 6.33. The van der Waals surface area contributed by atoms with Crippen molar-refractivity contribution in [2.75, 3.05) is 18.5 Å². The first-order valence-corrected chi connectivity index (χ1v) is 8.50. The lowest BCUT2D eigenvalue weighted by molar-refractivity contribution is -0.150. The number of nitrogens with zero attached hydrogens (tertiary/aromatic N) is 1. The quantitative estimate of drug-likeness (QED) is 0.541. The Balaban J connectivity index is 1.82. The lowest BCUT2D eigenvalue weighted by Crippen LogP contribution is -2.44. The Morgan fingerprint density at radius 3 is 2.58 bits per heavy atom. The summed E-state index contributed by atoms with van der Waals surface area (Å²) in [6.07, 6.45) is 2.16. The summed E-state index contributed by atoms with van der Waals surface area (Å²) in [6.45, 7) is 2.61. The number of urea groups is 1. The van der Waals surface area contributed by atoms with Crippen LogP contribution in [0.15, 0.2) is 30.3 Å². The summed E-state index contributed by atoms with van der Waals surface area (Å²) < 4.78 is 4.86. The fourth-order valence-electron chi connectivity index (χ4n) is 2.63. The summed E-state index contributed by atoms with van der Waals surface area (Å²) in [5.74, 6) is -1.78. The SMILES string of the molecule is CCCC[C@]1(C)NC(=O)N(CC(=O)OCC(=O)Nc2ccccc2)C1=O. The maximum Gasteiger partial charge on any atom is 0.326 e. The number of carbonyl (C=O) groups is 4. The van der Waals surface area contributed by atoms with Gasteiger partial charge in [-0.15, -0.1) is 0 Å². The molecule has 1 fully saturated rings. The largest absolute Gasteiger partial charge is 0.454 e. The molecular formula is C18H23N3O5. The summed E-state index contributed by atoms with van der Waals surface area (Å²) in [5, 5.41) is 5.19. The molecule has 8 heteroatoms. The first-order valence-electron chi connectivity index (χ1n) is 8.50. The van der Waals surface area contributed by atoms with Crippen LogP contribution in [0.1, 0.15) is 33.1 Å². The summed E-state index contributed by atoms with van der Waals surface area (Å²) in [4.78, 5) is 48.9. The Labute approximate surface area is 151 Å². The lowest BCUT2D eigenvalue weighted by Gasteiger charge is -2.21. The molecule has 2 N–H and O–H groups in total. The van der Waals surface area contributed by atoms with E-state index < -0.39 is 42.5 Å². The summed E-state index contributed by atoms with van der Waals surface area (Å²) in [7, 11) is 0. The van der Waals surface area contributed by atoms with Crippen LogP contribution in [-0.4, -0.2) is 47.4 Å². The zero-order valence-electron chi connectivity index (χ0n) is 14.9. The standard InChI is InChI=1S/C18H23N3O5/c1-3-4-10-18(2)16(24)21(17(25)20-18)11-15(23)26-12-14(22)19-13-8-6-5-7-9-13/h5-9H,3-4,10-12H2,1-2H3,(H,19,22)(H,20,25)/t18-/m0/s1. The van der Waals surface area contributed by atoms with E-state index in [1.54, 1.807) is 31.2 Å². The highest BCUT2D eigenvalue weighted by atomic mass is 16.5. The van der Waals surface area contributed by atoms with Gasteiger partial charge in [0.25, 0.3) is 11.8 Å². The van der Waals surface area contributed by atoms with Crippen LogP contribution in [0.3, 0.4) is 0 Å².